The maximum atomic E-state index is 10.4. The second-order valence-electron chi connectivity index (χ2n) is 5.30. The van der Waals surface area contributed by atoms with Crippen LogP contribution >= 0.6 is 0 Å². The fraction of sp³-hybridized carbons (Fsp3) is 0.769. The van der Waals surface area contributed by atoms with Crippen LogP contribution in [0.5, 0.6) is 0 Å². The topological polar surface area (TPSA) is 50.1 Å². The minimum atomic E-state index is -0.476. The van der Waals surface area contributed by atoms with Gasteiger partial charge < -0.3 is 10.4 Å². The van der Waals surface area contributed by atoms with E-state index in [1.54, 1.807) is 6.20 Å². The Morgan fingerprint density at radius 1 is 1.41 bits per heavy atom. The molecule has 2 N–H and O–H groups in total. The molecule has 0 radical (unpaired) electrons. The minimum Gasteiger partial charge on any atom is -0.389 e. The predicted octanol–water partition coefficient (Wildman–Crippen LogP) is 1.56. The van der Waals surface area contributed by atoms with Crippen molar-refractivity contribution in [1.82, 2.24) is 15.1 Å². The fourth-order valence-electron chi connectivity index (χ4n) is 2.50. The van der Waals surface area contributed by atoms with Crippen LogP contribution in [-0.2, 0) is 6.54 Å². The van der Waals surface area contributed by atoms with Crippen molar-refractivity contribution < 1.29 is 5.11 Å². The first kappa shape index (κ1) is 12.6. The van der Waals surface area contributed by atoms with Gasteiger partial charge in [-0.15, -0.1) is 0 Å². The molecule has 17 heavy (non-hydrogen) atoms. The number of rotatable bonds is 5. The second-order valence-corrected chi connectivity index (χ2v) is 5.30. The first-order valence-electron chi connectivity index (χ1n) is 6.61. The van der Waals surface area contributed by atoms with Crippen LogP contribution < -0.4 is 5.32 Å². The molecule has 0 amide bonds. The molecule has 1 heterocycles. The van der Waals surface area contributed by atoms with Crippen molar-refractivity contribution >= 4 is 0 Å². The van der Waals surface area contributed by atoms with Gasteiger partial charge in [-0.2, -0.15) is 5.10 Å². The summed E-state index contributed by atoms with van der Waals surface area (Å²) in [6.45, 7) is 3.69. The molecule has 4 nitrogen and oxygen atoms in total. The Labute approximate surface area is 103 Å². The minimum absolute atomic E-state index is 0.334. The molecule has 1 atom stereocenters. The lowest BCUT2D eigenvalue weighted by Gasteiger charge is -2.33. The lowest BCUT2D eigenvalue weighted by atomic mass is 9.85. The van der Waals surface area contributed by atoms with Crippen molar-refractivity contribution in [3.63, 3.8) is 0 Å². The maximum Gasteiger partial charge on any atom is 0.0771 e. The van der Waals surface area contributed by atoms with Crippen LogP contribution in [0.4, 0.5) is 0 Å². The lowest BCUT2D eigenvalue weighted by Crippen LogP contribution is -2.46. The summed E-state index contributed by atoms with van der Waals surface area (Å²) in [6.07, 6.45) is 9.22. The van der Waals surface area contributed by atoms with Gasteiger partial charge in [0.1, 0.15) is 0 Å². The van der Waals surface area contributed by atoms with Gasteiger partial charge >= 0.3 is 0 Å². The van der Waals surface area contributed by atoms with Crippen LogP contribution in [0.3, 0.4) is 0 Å². The molecular weight excluding hydrogens is 214 g/mol. The van der Waals surface area contributed by atoms with E-state index in [9.17, 15) is 5.11 Å². The van der Waals surface area contributed by atoms with E-state index in [1.807, 2.05) is 16.9 Å². The Hall–Kier alpha value is -0.870. The van der Waals surface area contributed by atoms with E-state index in [-0.39, 0.29) is 0 Å². The first-order valence-corrected chi connectivity index (χ1v) is 6.61. The van der Waals surface area contributed by atoms with Gasteiger partial charge in [0.05, 0.1) is 12.1 Å². The summed E-state index contributed by atoms with van der Waals surface area (Å²) in [4.78, 5) is 0. The van der Waals surface area contributed by atoms with Crippen LogP contribution in [0.1, 0.15) is 39.0 Å². The molecule has 4 heteroatoms. The van der Waals surface area contributed by atoms with Gasteiger partial charge in [-0.1, -0.05) is 19.3 Å². The van der Waals surface area contributed by atoms with Crippen molar-refractivity contribution in [3.05, 3.63) is 18.5 Å². The summed E-state index contributed by atoms with van der Waals surface area (Å²) < 4.78 is 1.92. The molecule has 1 aromatic heterocycles. The molecule has 0 unspecified atom stereocenters. The molecule has 0 spiro atoms. The SMILES string of the molecule is C[C@H](Cn1cccn1)NCC1(O)CCCCC1. The molecule has 0 bridgehead atoms. The lowest BCUT2D eigenvalue weighted by molar-refractivity contribution is 0.00259. The molecule has 0 aromatic carbocycles. The van der Waals surface area contributed by atoms with Crippen LogP contribution in [-0.4, -0.2) is 33.1 Å². The molecule has 1 aliphatic rings. The van der Waals surface area contributed by atoms with Crippen molar-refractivity contribution in [2.24, 2.45) is 0 Å². The summed E-state index contributed by atoms with van der Waals surface area (Å²) in [6, 6.07) is 2.27. The van der Waals surface area contributed by atoms with Crippen LogP contribution in [0, 0.1) is 0 Å². The van der Waals surface area contributed by atoms with Crippen molar-refractivity contribution in [3.8, 4) is 0 Å². The zero-order chi connectivity index (χ0) is 12.1. The summed E-state index contributed by atoms with van der Waals surface area (Å²) in [5, 5.41) is 18.0. The second kappa shape index (κ2) is 5.65. The van der Waals surface area contributed by atoms with Gasteiger partial charge in [0, 0.05) is 25.0 Å². The summed E-state index contributed by atoms with van der Waals surface area (Å²) in [5.41, 5.74) is -0.476. The smallest absolute Gasteiger partial charge is 0.0771 e. The molecule has 1 fully saturated rings. The Balaban J connectivity index is 1.73. The highest BCUT2D eigenvalue weighted by molar-refractivity contribution is 4.85. The van der Waals surface area contributed by atoms with Crippen molar-refractivity contribution in [2.45, 2.75) is 57.2 Å². The van der Waals surface area contributed by atoms with Gasteiger partial charge in [0.15, 0.2) is 0 Å². The van der Waals surface area contributed by atoms with Gasteiger partial charge in [0.2, 0.25) is 0 Å². The third kappa shape index (κ3) is 3.82. The van der Waals surface area contributed by atoms with Crippen molar-refractivity contribution in [2.75, 3.05) is 6.54 Å². The predicted molar refractivity (Wildman–Crippen MR) is 67.7 cm³/mol. The standard InChI is InChI=1S/C13H23N3O/c1-12(10-16-9-5-8-15-16)14-11-13(17)6-3-2-4-7-13/h5,8-9,12,14,17H,2-4,6-7,10-11H2,1H3/t12-/m1/s1. The van der Waals surface area contributed by atoms with Gasteiger partial charge in [-0.25, -0.2) is 0 Å². The van der Waals surface area contributed by atoms with E-state index in [1.165, 1.54) is 6.42 Å². The summed E-state index contributed by atoms with van der Waals surface area (Å²) in [7, 11) is 0. The largest absolute Gasteiger partial charge is 0.389 e. The Kier molecular flexibility index (Phi) is 4.18. The molecule has 96 valence electrons. The van der Waals surface area contributed by atoms with Gasteiger partial charge in [-0.3, -0.25) is 4.68 Å². The Morgan fingerprint density at radius 3 is 2.82 bits per heavy atom. The highest BCUT2D eigenvalue weighted by Crippen LogP contribution is 2.27. The zero-order valence-corrected chi connectivity index (χ0v) is 10.6. The monoisotopic (exact) mass is 237 g/mol. The maximum absolute atomic E-state index is 10.4. The number of hydrogen-bond donors (Lipinski definition) is 2. The average molecular weight is 237 g/mol. The summed E-state index contributed by atoms with van der Waals surface area (Å²) in [5.74, 6) is 0. The Bertz CT molecular complexity index is 317. The average Bonchev–Trinajstić information content (AvgIpc) is 2.80. The third-order valence-corrected chi connectivity index (χ3v) is 3.58. The number of nitrogens with zero attached hydrogens (tertiary/aromatic N) is 2. The normalized spacial score (nSPS) is 21.3. The molecule has 1 saturated carbocycles. The molecule has 0 saturated heterocycles. The molecule has 2 rings (SSSR count). The number of aromatic nitrogens is 2. The molecule has 1 aromatic rings. The van der Waals surface area contributed by atoms with E-state index < -0.39 is 5.60 Å². The van der Waals surface area contributed by atoms with E-state index >= 15 is 0 Å². The molecular formula is C13H23N3O. The third-order valence-electron chi connectivity index (χ3n) is 3.58. The van der Waals surface area contributed by atoms with Crippen LogP contribution in [0.15, 0.2) is 18.5 Å². The quantitative estimate of drug-likeness (QED) is 0.817. The van der Waals surface area contributed by atoms with Gasteiger partial charge in [0.25, 0.3) is 0 Å². The van der Waals surface area contributed by atoms with Crippen LogP contribution in [0.2, 0.25) is 0 Å². The number of aliphatic hydroxyl groups is 1. The molecule has 1 aliphatic carbocycles. The first-order chi connectivity index (χ1) is 8.18. The zero-order valence-electron chi connectivity index (χ0n) is 10.6. The van der Waals surface area contributed by atoms with E-state index in [2.05, 4.69) is 17.3 Å². The number of hydrogen-bond acceptors (Lipinski definition) is 3. The highest BCUT2D eigenvalue weighted by atomic mass is 16.3. The van der Waals surface area contributed by atoms with E-state index in [0.29, 0.717) is 12.6 Å². The Morgan fingerprint density at radius 2 is 2.18 bits per heavy atom. The summed E-state index contributed by atoms with van der Waals surface area (Å²) >= 11 is 0. The van der Waals surface area contributed by atoms with Gasteiger partial charge in [-0.05, 0) is 25.8 Å². The van der Waals surface area contributed by atoms with Crippen molar-refractivity contribution in [1.29, 1.82) is 0 Å². The number of nitrogens with one attached hydrogen (secondary N) is 1. The van der Waals surface area contributed by atoms with E-state index in [4.69, 9.17) is 0 Å². The highest BCUT2D eigenvalue weighted by Gasteiger charge is 2.28. The van der Waals surface area contributed by atoms with E-state index in [0.717, 1.165) is 32.2 Å². The molecule has 0 aliphatic heterocycles. The fourth-order valence-corrected chi connectivity index (χ4v) is 2.50. The van der Waals surface area contributed by atoms with Crippen LogP contribution in [0.25, 0.3) is 0 Å².